The third kappa shape index (κ3) is 5.77. The number of hydrogen-bond acceptors (Lipinski definition) is 3. The number of rotatable bonds is 5. The van der Waals surface area contributed by atoms with Gasteiger partial charge >= 0.3 is 0 Å². The molecule has 5 heteroatoms. The number of carbonyl (C=O) groups excluding carboxylic acids is 2. The van der Waals surface area contributed by atoms with Gasteiger partial charge < -0.3 is 15.0 Å². The highest BCUT2D eigenvalue weighted by molar-refractivity contribution is 5.80. The largest absolute Gasteiger partial charge is 0.496 e. The average Bonchev–Trinajstić information content (AvgIpc) is 2.74. The van der Waals surface area contributed by atoms with Gasteiger partial charge in [0.05, 0.1) is 13.5 Å². The lowest BCUT2D eigenvalue weighted by Crippen LogP contribution is -2.48. The van der Waals surface area contributed by atoms with Crippen LogP contribution in [0.5, 0.6) is 5.75 Å². The van der Waals surface area contributed by atoms with Gasteiger partial charge in [-0.3, -0.25) is 9.59 Å². The Kier molecular flexibility index (Phi) is 7.43. The van der Waals surface area contributed by atoms with E-state index in [-0.39, 0.29) is 23.8 Å². The Morgan fingerprint density at radius 3 is 2.27 bits per heavy atom. The van der Waals surface area contributed by atoms with E-state index in [0.29, 0.717) is 24.9 Å². The summed E-state index contributed by atoms with van der Waals surface area (Å²) in [6.45, 7) is 8.33. The number of nitrogens with one attached hydrogen (secondary N) is 1. The van der Waals surface area contributed by atoms with Crippen LogP contribution < -0.4 is 10.1 Å². The number of piperidine rings is 1. The Labute approximate surface area is 181 Å². The Hall–Kier alpha value is -2.04. The topological polar surface area (TPSA) is 58.6 Å². The molecular weight excluding hydrogens is 376 g/mol. The molecular formula is C25H38N2O3. The van der Waals surface area contributed by atoms with Crippen LogP contribution in [0.3, 0.4) is 0 Å². The quantitative estimate of drug-likeness (QED) is 0.786. The molecule has 2 amide bonds. The van der Waals surface area contributed by atoms with E-state index in [2.05, 4.69) is 26.1 Å². The molecule has 1 aliphatic carbocycles. The monoisotopic (exact) mass is 414 g/mol. The molecule has 2 aliphatic rings. The normalized spacial score (nSPS) is 23.1. The number of benzene rings is 1. The lowest BCUT2D eigenvalue weighted by Gasteiger charge is -2.37. The number of ether oxygens (including phenoxy) is 1. The summed E-state index contributed by atoms with van der Waals surface area (Å²) in [7, 11) is 1.63. The van der Waals surface area contributed by atoms with Crippen LogP contribution in [-0.4, -0.2) is 43.0 Å². The van der Waals surface area contributed by atoms with Crippen molar-refractivity contribution in [2.75, 3.05) is 20.2 Å². The summed E-state index contributed by atoms with van der Waals surface area (Å²) in [5.74, 6) is 1.99. The smallest absolute Gasteiger partial charge is 0.227 e. The van der Waals surface area contributed by atoms with Crippen LogP contribution in [0.4, 0.5) is 0 Å². The molecule has 1 aliphatic heterocycles. The molecule has 0 spiro atoms. The van der Waals surface area contributed by atoms with Crippen molar-refractivity contribution in [3.05, 3.63) is 29.8 Å². The summed E-state index contributed by atoms with van der Waals surface area (Å²) in [4.78, 5) is 27.4. The third-order valence-electron chi connectivity index (χ3n) is 7.05. The molecule has 166 valence electrons. The second kappa shape index (κ2) is 9.84. The number of amides is 2. The Morgan fingerprint density at radius 2 is 1.67 bits per heavy atom. The summed E-state index contributed by atoms with van der Waals surface area (Å²) >= 11 is 0. The van der Waals surface area contributed by atoms with Crippen LogP contribution in [0.2, 0.25) is 0 Å². The number of para-hydroxylation sites is 1. The molecule has 0 unspecified atom stereocenters. The zero-order chi connectivity index (χ0) is 21.7. The molecule has 1 heterocycles. The summed E-state index contributed by atoms with van der Waals surface area (Å²) in [5, 5.41) is 3.27. The fourth-order valence-corrected chi connectivity index (χ4v) is 4.94. The molecule has 1 aromatic rings. The van der Waals surface area contributed by atoms with E-state index in [1.807, 2.05) is 29.2 Å². The van der Waals surface area contributed by atoms with Gasteiger partial charge in [0.2, 0.25) is 11.8 Å². The molecule has 3 rings (SSSR count). The van der Waals surface area contributed by atoms with Crippen LogP contribution in [0.15, 0.2) is 24.3 Å². The lowest BCUT2D eigenvalue weighted by atomic mass is 9.69. The molecule has 1 saturated carbocycles. The number of methoxy groups -OCH3 is 1. The van der Waals surface area contributed by atoms with Crippen molar-refractivity contribution in [3.8, 4) is 5.75 Å². The van der Waals surface area contributed by atoms with Crippen molar-refractivity contribution in [1.29, 1.82) is 0 Å². The van der Waals surface area contributed by atoms with E-state index in [1.54, 1.807) is 7.11 Å². The predicted molar refractivity (Wildman–Crippen MR) is 119 cm³/mol. The van der Waals surface area contributed by atoms with Gasteiger partial charge in [0.25, 0.3) is 0 Å². The van der Waals surface area contributed by atoms with E-state index in [9.17, 15) is 9.59 Å². The first kappa shape index (κ1) is 22.6. The minimum atomic E-state index is 0.129. The molecule has 5 nitrogen and oxygen atoms in total. The van der Waals surface area contributed by atoms with Crippen molar-refractivity contribution in [2.45, 2.75) is 71.8 Å². The maximum atomic E-state index is 12.7. The molecule has 0 atom stereocenters. The third-order valence-corrected chi connectivity index (χ3v) is 7.05. The van der Waals surface area contributed by atoms with E-state index >= 15 is 0 Å². The summed E-state index contributed by atoms with van der Waals surface area (Å²) in [6, 6.07) is 7.86. The number of likely N-dealkylation sites (tertiary alicyclic amines) is 1. The standard InChI is InChI=1S/C25H38N2O3/c1-25(2,3)20-11-9-18(10-12-20)24(29)26-21-13-15-27(16-14-21)23(28)17-19-7-5-6-8-22(19)30-4/h5-8,18,20-21H,9-17H2,1-4H3,(H,26,29). The summed E-state index contributed by atoms with van der Waals surface area (Å²) in [5.41, 5.74) is 1.26. The maximum absolute atomic E-state index is 12.7. The van der Waals surface area contributed by atoms with Gasteiger partial charge in [-0.05, 0) is 55.9 Å². The highest BCUT2D eigenvalue weighted by atomic mass is 16.5. The zero-order valence-corrected chi connectivity index (χ0v) is 19.1. The van der Waals surface area contributed by atoms with Gasteiger partial charge in [-0.15, -0.1) is 0 Å². The van der Waals surface area contributed by atoms with Crippen molar-refractivity contribution in [1.82, 2.24) is 10.2 Å². The minimum absolute atomic E-state index is 0.129. The van der Waals surface area contributed by atoms with Crippen LogP contribution in [-0.2, 0) is 16.0 Å². The van der Waals surface area contributed by atoms with E-state index < -0.39 is 0 Å². The molecule has 1 saturated heterocycles. The van der Waals surface area contributed by atoms with Crippen molar-refractivity contribution < 1.29 is 14.3 Å². The predicted octanol–water partition coefficient (Wildman–Crippen LogP) is 4.20. The molecule has 0 bridgehead atoms. The minimum Gasteiger partial charge on any atom is -0.496 e. The van der Waals surface area contributed by atoms with Crippen LogP contribution in [0.1, 0.15) is 64.9 Å². The zero-order valence-electron chi connectivity index (χ0n) is 19.1. The number of carbonyl (C=O) groups is 2. The molecule has 1 aromatic carbocycles. The van der Waals surface area contributed by atoms with E-state index in [0.717, 1.165) is 55.8 Å². The van der Waals surface area contributed by atoms with Crippen LogP contribution >= 0.6 is 0 Å². The maximum Gasteiger partial charge on any atom is 0.227 e. The molecule has 1 N–H and O–H groups in total. The second-order valence-corrected chi connectivity index (χ2v) is 10.1. The van der Waals surface area contributed by atoms with Crippen LogP contribution in [0.25, 0.3) is 0 Å². The Bertz CT molecular complexity index is 724. The first-order valence-corrected chi connectivity index (χ1v) is 11.5. The van der Waals surface area contributed by atoms with E-state index in [4.69, 9.17) is 4.74 Å². The Morgan fingerprint density at radius 1 is 1.03 bits per heavy atom. The van der Waals surface area contributed by atoms with Gasteiger partial charge in [-0.1, -0.05) is 39.0 Å². The highest BCUT2D eigenvalue weighted by Crippen LogP contribution is 2.39. The number of nitrogens with zero attached hydrogens (tertiary/aromatic N) is 1. The van der Waals surface area contributed by atoms with Crippen LogP contribution in [0, 0.1) is 17.3 Å². The molecule has 0 radical (unpaired) electrons. The van der Waals surface area contributed by atoms with Gasteiger partial charge in [0.1, 0.15) is 5.75 Å². The lowest BCUT2D eigenvalue weighted by molar-refractivity contribution is -0.132. The van der Waals surface area contributed by atoms with Gasteiger partial charge in [-0.25, -0.2) is 0 Å². The fourth-order valence-electron chi connectivity index (χ4n) is 4.94. The molecule has 30 heavy (non-hydrogen) atoms. The summed E-state index contributed by atoms with van der Waals surface area (Å²) in [6.07, 6.45) is 6.34. The van der Waals surface area contributed by atoms with Crippen molar-refractivity contribution in [2.24, 2.45) is 17.3 Å². The van der Waals surface area contributed by atoms with E-state index in [1.165, 1.54) is 0 Å². The van der Waals surface area contributed by atoms with Gasteiger partial charge in [-0.2, -0.15) is 0 Å². The Balaban J connectivity index is 1.42. The van der Waals surface area contributed by atoms with Crippen molar-refractivity contribution in [3.63, 3.8) is 0 Å². The van der Waals surface area contributed by atoms with Gasteiger partial charge in [0.15, 0.2) is 0 Å². The van der Waals surface area contributed by atoms with Gasteiger partial charge in [0, 0.05) is 30.6 Å². The average molecular weight is 415 g/mol. The molecule has 0 aromatic heterocycles. The summed E-state index contributed by atoms with van der Waals surface area (Å²) < 4.78 is 5.36. The first-order valence-electron chi connectivity index (χ1n) is 11.5. The fraction of sp³-hybridized carbons (Fsp3) is 0.680. The second-order valence-electron chi connectivity index (χ2n) is 10.1. The molecule has 2 fully saturated rings. The van der Waals surface area contributed by atoms with Crippen molar-refractivity contribution >= 4 is 11.8 Å². The first-order chi connectivity index (χ1) is 14.3. The SMILES string of the molecule is COc1ccccc1CC(=O)N1CCC(NC(=O)C2CCC(C(C)(C)C)CC2)CC1. The highest BCUT2D eigenvalue weighted by Gasteiger charge is 2.33. The number of hydrogen-bond donors (Lipinski definition) is 1.